The maximum atomic E-state index is 9.63. The van der Waals surface area contributed by atoms with E-state index >= 15 is 0 Å². The van der Waals surface area contributed by atoms with Crippen LogP contribution in [0.25, 0.3) is 75.8 Å². The lowest BCUT2D eigenvalue weighted by atomic mass is 10.0. The van der Waals surface area contributed by atoms with Gasteiger partial charge in [-0.2, -0.15) is 5.26 Å². The second-order valence-electron chi connectivity index (χ2n) is 10.7. The Hall–Kier alpha value is -6.61. The van der Waals surface area contributed by atoms with Gasteiger partial charge in [-0.1, -0.05) is 72.8 Å². The van der Waals surface area contributed by atoms with Crippen LogP contribution in [0.15, 0.2) is 127 Å². The average molecular weight is 560 g/mol. The highest BCUT2D eigenvalue weighted by Crippen LogP contribution is 2.42. The molecule has 0 radical (unpaired) electrons. The van der Waals surface area contributed by atoms with Gasteiger partial charge < -0.3 is 9.13 Å². The molecule has 8 rings (SSSR count). The number of aromatic nitrogens is 2. The molecule has 0 aliphatic rings. The van der Waals surface area contributed by atoms with Gasteiger partial charge in [0.1, 0.15) is 0 Å². The van der Waals surface area contributed by atoms with Gasteiger partial charge in [0.2, 0.25) is 5.69 Å². The smallest absolute Gasteiger partial charge is 0.211 e. The summed E-state index contributed by atoms with van der Waals surface area (Å²) >= 11 is 0. The van der Waals surface area contributed by atoms with Gasteiger partial charge in [0.25, 0.3) is 0 Å². The summed E-state index contributed by atoms with van der Waals surface area (Å²) in [6.07, 6.45) is 0. The number of rotatable bonds is 3. The molecule has 8 aromatic rings. The third-order valence-electron chi connectivity index (χ3n) is 8.38. The predicted octanol–water partition coefficient (Wildman–Crippen LogP) is 10.5. The maximum Gasteiger partial charge on any atom is 0.211 e. The molecule has 6 aromatic carbocycles. The van der Waals surface area contributed by atoms with Crippen LogP contribution in [0.5, 0.6) is 0 Å². The van der Waals surface area contributed by atoms with Crippen LogP contribution in [0.1, 0.15) is 5.56 Å². The van der Waals surface area contributed by atoms with Crippen LogP contribution >= 0.6 is 0 Å². The van der Waals surface area contributed by atoms with E-state index < -0.39 is 0 Å². The standard InChI is InChI=1S/C39H21N5/c1-41-27-17-21-38-33(23-27)32-22-25(24-40)14-20-37(32)44(38)39-29(10-7-11-34(39)42-2)26-15-18-28(19-16-26)43-35-12-5-3-8-30(35)31-9-4-6-13-36(31)43/h3-23H. The minimum Gasteiger partial charge on any atom is -0.318 e. The molecular weight excluding hydrogens is 538 g/mol. The van der Waals surface area contributed by atoms with Crippen molar-refractivity contribution in [2.75, 3.05) is 0 Å². The molecule has 44 heavy (non-hydrogen) atoms. The zero-order valence-corrected chi connectivity index (χ0v) is 23.4. The molecule has 0 aliphatic heterocycles. The zero-order chi connectivity index (χ0) is 29.8. The van der Waals surface area contributed by atoms with Crippen LogP contribution < -0.4 is 0 Å². The van der Waals surface area contributed by atoms with Crippen LogP contribution in [0, 0.1) is 24.5 Å². The van der Waals surface area contributed by atoms with Crippen LogP contribution in [0.3, 0.4) is 0 Å². The number of nitriles is 1. The highest BCUT2D eigenvalue weighted by Gasteiger charge is 2.20. The number of fused-ring (bicyclic) bond motifs is 6. The lowest BCUT2D eigenvalue weighted by Gasteiger charge is -2.17. The molecule has 0 fully saturated rings. The summed E-state index contributed by atoms with van der Waals surface area (Å²) in [7, 11) is 0. The lowest BCUT2D eigenvalue weighted by Crippen LogP contribution is -1.98. The first-order valence-corrected chi connectivity index (χ1v) is 14.2. The summed E-state index contributed by atoms with van der Waals surface area (Å²) in [5.41, 5.74) is 9.38. The summed E-state index contributed by atoms with van der Waals surface area (Å²) in [6.45, 7) is 15.7. The first-order valence-electron chi connectivity index (χ1n) is 14.2. The van der Waals surface area contributed by atoms with Crippen molar-refractivity contribution >= 4 is 55.0 Å². The Morgan fingerprint density at radius 2 is 1.18 bits per heavy atom. The topological polar surface area (TPSA) is 42.4 Å². The molecule has 0 aliphatic carbocycles. The van der Waals surface area contributed by atoms with E-state index in [1.54, 1.807) is 12.1 Å². The quantitative estimate of drug-likeness (QED) is 0.199. The average Bonchev–Trinajstić information content (AvgIpc) is 3.60. The van der Waals surface area contributed by atoms with E-state index in [0.29, 0.717) is 16.9 Å². The third kappa shape index (κ3) is 3.63. The Bertz CT molecular complexity index is 2450. The van der Waals surface area contributed by atoms with Gasteiger partial charge in [-0.05, 0) is 71.1 Å². The molecule has 0 unspecified atom stereocenters. The summed E-state index contributed by atoms with van der Waals surface area (Å²) in [4.78, 5) is 7.59. The number of nitrogens with zero attached hydrogens (tertiary/aromatic N) is 5. The van der Waals surface area contributed by atoms with E-state index in [2.05, 4.69) is 97.7 Å². The summed E-state index contributed by atoms with van der Waals surface area (Å²) in [6, 6.07) is 44.7. The van der Waals surface area contributed by atoms with Gasteiger partial charge in [0.05, 0.1) is 52.5 Å². The van der Waals surface area contributed by atoms with Gasteiger partial charge in [0.15, 0.2) is 5.69 Å². The van der Waals surface area contributed by atoms with E-state index in [-0.39, 0.29) is 0 Å². The molecule has 0 saturated heterocycles. The largest absolute Gasteiger partial charge is 0.318 e. The Morgan fingerprint density at radius 1 is 0.545 bits per heavy atom. The molecule has 0 atom stereocenters. The Balaban J connectivity index is 1.37. The first kappa shape index (κ1) is 25.1. The van der Waals surface area contributed by atoms with Crippen molar-refractivity contribution in [2.24, 2.45) is 0 Å². The lowest BCUT2D eigenvalue weighted by molar-refractivity contribution is 1.17. The highest BCUT2D eigenvalue weighted by atomic mass is 15.0. The highest BCUT2D eigenvalue weighted by molar-refractivity contribution is 6.12. The van der Waals surface area contributed by atoms with Crippen molar-refractivity contribution in [1.82, 2.24) is 9.13 Å². The van der Waals surface area contributed by atoms with Gasteiger partial charge in [-0.15, -0.1) is 0 Å². The minimum absolute atomic E-state index is 0.520. The van der Waals surface area contributed by atoms with Gasteiger partial charge >= 0.3 is 0 Å². The van der Waals surface area contributed by atoms with Gasteiger partial charge in [-0.25, -0.2) is 9.69 Å². The summed E-state index contributed by atoms with van der Waals surface area (Å²) < 4.78 is 4.39. The van der Waals surface area contributed by atoms with Crippen molar-refractivity contribution in [3.05, 3.63) is 156 Å². The van der Waals surface area contributed by atoms with Gasteiger partial charge in [-0.3, -0.25) is 0 Å². The van der Waals surface area contributed by atoms with E-state index in [1.165, 1.54) is 10.8 Å². The summed E-state index contributed by atoms with van der Waals surface area (Å²) in [5.74, 6) is 0. The van der Waals surface area contributed by atoms with Crippen molar-refractivity contribution in [2.45, 2.75) is 0 Å². The second kappa shape index (κ2) is 9.74. The van der Waals surface area contributed by atoms with Gasteiger partial charge in [0, 0.05) is 21.8 Å². The molecule has 5 nitrogen and oxygen atoms in total. The minimum atomic E-state index is 0.520. The molecule has 0 spiro atoms. The Kier molecular flexibility index (Phi) is 5.56. The normalized spacial score (nSPS) is 11.1. The molecule has 0 amide bonds. The van der Waals surface area contributed by atoms with Crippen LogP contribution in [0.2, 0.25) is 0 Å². The van der Waals surface area contributed by atoms with Crippen LogP contribution in [-0.4, -0.2) is 9.13 Å². The fourth-order valence-corrected chi connectivity index (χ4v) is 6.47. The SMILES string of the molecule is [C-]#[N+]c1ccc2c(c1)c1cc(C#N)ccc1n2-c1c([N+]#[C-])cccc1-c1ccc(-n2c3ccccc3c3ccccc32)cc1. The molecule has 202 valence electrons. The Morgan fingerprint density at radius 3 is 1.84 bits per heavy atom. The summed E-state index contributed by atoms with van der Waals surface area (Å²) in [5, 5.41) is 13.8. The first-order chi connectivity index (χ1) is 21.7. The maximum absolute atomic E-state index is 9.63. The third-order valence-corrected chi connectivity index (χ3v) is 8.38. The number of para-hydroxylation sites is 3. The molecule has 2 aromatic heterocycles. The van der Waals surface area contributed by atoms with Crippen molar-refractivity contribution in [3.8, 4) is 28.6 Å². The molecule has 0 bridgehead atoms. The number of hydrogen-bond donors (Lipinski definition) is 0. The van der Waals surface area contributed by atoms with E-state index in [0.717, 1.165) is 55.3 Å². The molecule has 0 saturated carbocycles. The van der Waals surface area contributed by atoms with Crippen LogP contribution in [-0.2, 0) is 0 Å². The molecular formula is C39H21N5. The number of benzene rings is 6. The van der Waals surface area contributed by atoms with Crippen LogP contribution in [0.4, 0.5) is 11.4 Å². The second-order valence-corrected chi connectivity index (χ2v) is 10.7. The zero-order valence-electron chi connectivity index (χ0n) is 23.4. The molecule has 5 heteroatoms. The van der Waals surface area contributed by atoms with E-state index in [9.17, 15) is 5.26 Å². The van der Waals surface area contributed by atoms with Crippen molar-refractivity contribution in [3.63, 3.8) is 0 Å². The van der Waals surface area contributed by atoms with E-state index in [4.69, 9.17) is 13.1 Å². The fourth-order valence-electron chi connectivity index (χ4n) is 6.47. The van der Waals surface area contributed by atoms with E-state index in [1.807, 2.05) is 42.5 Å². The van der Waals surface area contributed by atoms with Crippen molar-refractivity contribution in [1.29, 1.82) is 5.26 Å². The molecule has 2 heterocycles. The number of hydrogen-bond acceptors (Lipinski definition) is 1. The monoisotopic (exact) mass is 559 g/mol. The fraction of sp³-hybridized carbons (Fsp3) is 0. The van der Waals surface area contributed by atoms with Crippen molar-refractivity contribution < 1.29 is 0 Å². The predicted molar refractivity (Wildman–Crippen MR) is 178 cm³/mol. The Labute approximate surface area is 253 Å². The molecule has 0 N–H and O–H groups in total.